The quantitative estimate of drug-likeness (QED) is 0.801. The molecule has 0 saturated heterocycles. The van der Waals surface area contributed by atoms with Gasteiger partial charge in [-0.3, -0.25) is 9.48 Å². The lowest BCUT2D eigenvalue weighted by atomic mass is 10.0. The second-order valence-corrected chi connectivity index (χ2v) is 4.68. The summed E-state index contributed by atoms with van der Waals surface area (Å²) in [5.74, 6) is -0.0813. The molecule has 0 radical (unpaired) electrons. The van der Waals surface area contributed by atoms with Crippen molar-refractivity contribution >= 4 is 11.6 Å². The van der Waals surface area contributed by atoms with Gasteiger partial charge in [-0.1, -0.05) is 24.3 Å². The molecule has 6 heteroatoms. The SMILES string of the molecule is COCCn1cc(NC(=O)Cc2ccccc2CN)cn1. The zero-order chi connectivity index (χ0) is 15.1. The Balaban J connectivity index is 1.93. The van der Waals surface area contributed by atoms with Crippen LogP contribution in [0.4, 0.5) is 5.69 Å². The Morgan fingerprint density at radius 3 is 2.86 bits per heavy atom. The summed E-state index contributed by atoms with van der Waals surface area (Å²) in [6.07, 6.45) is 3.71. The van der Waals surface area contributed by atoms with Crippen molar-refractivity contribution in [2.45, 2.75) is 19.5 Å². The van der Waals surface area contributed by atoms with E-state index in [0.29, 0.717) is 31.8 Å². The van der Waals surface area contributed by atoms with Crippen LogP contribution < -0.4 is 11.1 Å². The number of ether oxygens (including phenoxy) is 1. The molecule has 0 saturated carbocycles. The number of anilines is 1. The highest BCUT2D eigenvalue weighted by molar-refractivity contribution is 5.92. The molecule has 0 atom stereocenters. The fourth-order valence-corrected chi connectivity index (χ4v) is 2.04. The maximum absolute atomic E-state index is 12.1. The Kier molecular flexibility index (Phi) is 5.48. The molecule has 0 fully saturated rings. The number of nitrogens with two attached hydrogens (primary N) is 1. The van der Waals surface area contributed by atoms with Gasteiger partial charge in [-0.05, 0) is 11.1 Å². The Labute approximate surface area is 123 Å². The first-order valence-corrected chi connectivity index (χ1v) is 6.81. The Hall–Kier alpha value is -2.18. The molecule has 0 aliphatic carbocycles. The molecule has 0 aliphatic heterocycles. The van der Waals surface area contributed by atoms with E-state index < -0.39 is 0 Å². The van der Waals surface area contributed by atoms with Gasteiger partial charge in [0.1, 0.15) is 0 Å². The van der Waals surface area contributed by atoms with E-state index in [1.54, 1.807) is 24.2 Å². The van der Waals surface area contributed by atoms with Gasteiger partial charge in [-0.2, -0.15) is 5.10 Å². The standard InChI is InChI=1S/C15H20N4O2/c1-21-7-6-19-11-14(10-17-19)18-15(20)8-12-4-2-3-5-13(12)9-16/h2-5,10-11H,6-9,16H2,1H3,(H,18,20). The molecule has 0 aliphatic rings. The van der Waals surface area contributed by atoms with Crippen LogP contribution in [0.2, 0.25) is 0 Å². The van der Waals surface area contributed by atoms with Crippen molar-refractivity contribution in [1.82, 2.24) is 9.78 Å². The molecule has 1 aromatic heterocycles. The van der Waals surface area contributed by atoms with Gasteiger partial charge in [0.2, 0.25) is 5.91 Å². The van der Waals surface area contributed by atoms with Crippen LogP contribution in [0.25, 0.3) is 0 Å². The molecule has 21 heavy (non-hydrogen) atoms. The first kappa shape index (κ1) is 15.2. The van der Waals surface area contributed by atoms with Crippen molar-refractivity contribution in [2.24, 2.45) is 5.73 Å². The van der Waals surface area contributed by atoms with Gasteiger partial charge in [-0.25, -0.2) is 0 Å². The van der Waals surface area contributed by atoms with Crippen molar-refractivity contribution < 1.29 is 9.53 Å². The van der Waals surface area contributed by atoms with Gasteiger partial charge in [0.05, 0.1) is 31.5 Å². The van der Waals surface area contributed by atoms with Crippen molar-refractivity contribution in [1.29, 1.82) is 0 Å². The molecule has 2 aromatic rings. The number of carbonyl (C=O) groups is 1. The molecule has 2 rings (SSSR count). The van der Waals surface area contributed by atoms with Crippen LogP contribution in [0, 0.1) is 0 Å². The number of carbonyl (C=O) groups excluding carboxylic acids is 1. The predicted octanol–water partition coefficient (Wildman–Crippen LogP) is 1.17. The highest BCUT2D eigenvalue weighted by Crippen LogP contribution is 2.11. The van der Waals surface area contributed by atoms with E-state index in [4.69, 9.17) is 10.5 Å². The Morgan fingerprint density at radius 1 is 1.38 bits per heavy atom. The molecule has 0 spiro atoms. The molecule has 6 nitrogen and oxygen atoms in total. The molecule has 0 unspecified atom stereocenters. The topological polar surface area (TPSA) is 82.2 Å². The van der Waals surface area contributed by atoms with Crippen molar-refractivity contribution in [3.05, 3.63) is 47.8 Å². The highest BCUT2D eigenvalue weighted by Gasteiger charge is 2.08. The highest BCUT2D eigenvalue weighted by atomic mass is 16.5. The van der Waals surface area contributed by atoms with Gasteiger partial charge in [0, 0.05) is 19.9 Å². The van der Waals surface area contributed by atoms with Crippen LogP contribution in [-0.2, 0) is 29.0 Å². The van der Waals surface area contributed by atoms with Crippen LogP contribution in [0.5, 0.6) is 0 Å². The lowest BCUT2D eigenvalue weighted by molar-refractivity contribution is -0.115. The number of hydrogen-bond acceptors (Lipinski definition) is 4. The third kappa shape index (κ3) is 4.40. The van der Waals surface area contributed by atoms with Crippen molar-refractivity contribution in [3.8, 4) is 0 Å². The van der Waals surface area contributed by atoms with E-state index in [9.17, 15) is 4.79 Å². The number of benzene rings is 1. The van der Waals surface area contributed by atoms with Crippen LogP contribution in [0.3, 0.4) is 0 Å². The lowest BCUT2D eigenvalue weighted by Crippen LogP contribution is -2.15. The van der Waals surface area contributed by atoms with Gasteiger partial charge in [0.15, 0.2) is 0 Å². The number of nitrogens with one attached hydrogen (secondary N) is 1. The molecule has 0 bridgehead atoms. The normalized spacial score (nSPS) is 10.6. The van der Waals surface area contributed by atoms with E-state index in [2.05, 4.69) is 10.4 Å². The summed E-state index contributed by atoms with van der Waals surface area (Å²) in [6, 6.07) is 7.68. The van der Waals surface area contributed by atoms with E-state index in [1.165, 1.54) is 0 Å². The molecule has 1 amide bonds. The minimum atomic E-state index is -0.0813. The minimum absolute atomic E-state index is 0.0813. The summed E-state index contributed by atoms with van der Waals surface area (Å²) in [6.45, 7) is 1.67. The average molecular weight is 288 g/mol. The van der Waals surface area contributed by atoms with Crippen LogP contribution >= 0.6 is 0 Å². The maximum Gasteiger partial charge on any atom is 0.228 e. The second-order valence-electron chi connectivity index (χ2n) is 4.68. The second kappa shape index (κ2) is 7.56. The van der Waals surface area contributed by atoms with Crippen LogP contribution in [0.1, 0.15) is 11.1 Å². The summed E-state index contributed by atoms with van der Waals surface area (Å²) in [5, 5.41) is 6.98. The van der Waals surface area contributed by atoms with Crippen molar-refractivity contribution in [2.75, 3.05) is 19.0 Å². The monoisotopic (exact) mass is 288 g/mol. The average Bonchev–Trinajstić information content (AvgIpc) is 2.93. The fourth-order valence-electron chi connectivity index (χ4n) is 2.04. The van der Waals surface area contributed by atoms with E-state index in [1.807, 2.05) is 24.3 Å². The first-order valence-electron chi connectivity index (χ1n) is 6.81. The van der Waals surface area contributed by atoms with E-state index >= 15 is 0 Å². The number of rotatable bonds is 7. The molecule has 112 valence electrons. The third-order valence-electron chi connectivity index (χ3n) is 3.13. The van der Waals surface area contributed by atoms with E-state index in [-0.39, 0.29) is 5.91 Å². The Morgan fingerprint density at radius 2 is 2.14 bits per heavy atom. The zero-order valence-corrected chi connectivity index (χ0v) is 12.1. The molecule has 1 aromatic carbocycles. The number of aromatic nitrogens is 2. The molecule has 3 N–H and O–H groups in total. The first-order chi connectivity index (χ1) is 10.2. The van der Waals surface area contributed by atoms with Gasteiger partial charge < -0.3 is 15.8 Å². The van der Waals surface area contributed by atoms with Gasteiger partial charge in [-0.15, -0.1) is 0 Å². The summed E-state index contributed by atoms with van der Waals surface area (Å²) in [7, 11) is 1.64. The molecule has 1 heterocycles. The smallest absolute Gasteiger partial charge is 0.228 e. The zero-order valence-electron chi connectivity index (χ0n) is 12.1. The van der Waals surface area contributed by atoms with Gasteiger partial charge >= 0.3 is 0 Å². The number of methoxy groups -OCH3 is 1. The third-order valence-corrected chi connectivity index (χ3v) is 3.13. The fraction of sp³-hybridized carbons (Fsp3) is 0.333. The molecular formula is C15H20N4O2. The number of amides is 1. The summed E-state index contributed by atoms with van der Waals surface area (Å²) >= 11 is 0. The lowest BCUT2D eigenvalue weighted by Gasteiger charge is -2.07. The number of nitrogens with zero attached hydrogens (tertiary/aromatic N) is 2. The van der Waals surface area contributed by atoms with Crippen LogP contribution in [-0.4, -0.2) is 29.4 Å². The minimum Gasteiger partial charge on any atom is -0.383 e. The molecular weight excluding hydrogens is 268 g/mol. The summed E-state index contributed by atoms with van der Waals surface area (Å²) in [5.41, 5.74) is 8.29. The van der Waals surface area contributed by atoms with E-state index in [0.717, 1.165) is 11.1 Å². The summed E-state index contributed by atoms with van der Waals surface area (Å²) in [4.78, 5) is 12.1. The van der Waals surface area contributed by atoms with Gasteiger partial charge in [0.25, 0.3) is 0 Å². The largest absolute Gasteiger partial charge is 0.383 e. The van der Waals surface area contributed by atoms with Crippen molar-refractivity contribution in [3.63, 3.8) is 0 Å². The maximum atomic E-state index is 12.1. The van der Waals surface area contributed by atoms with Crippen LogP contribution in [0.15, 0.2) is 36.7 Å². The Bertz CT molecular complexity index is 595. The number of hydrogen-bond donors (Lipinski definition) is 2. The predicted molar refractivity (Wildman–Crippen MR) is 80.8 cm³/mol. The summed E-state index contributed by atoms with van der Waals surface area (Å²) < 4.78 is 6.71.